The maximum atomic E-state index is 12.1. The highest BCUT2D eigenvalue weighted by Gasteiger charge is 2.38. The fourth-order valence-electron chi connectivity index (χ4n) is 3.65. The first-order valence-electron chi connectivity index (χ1n) is 9.88. The highest BCUT2D eigenvalue weighted by Crippen LogP contribution is 2.40. The molecule has 4 nitrogen and oxygen atoms in total. The van der Waals surface area contributed by atoms with Gasteiger partial charge in [-0.1, -0.05) is 69.3 Å². The summed E-state index contributed by atoms with van der Waals surface area (Å²) in [6.45, 7) is 6.32. The van der Waals surface area contributed by atoms with Gasteiger partial charge in [0, 0.05) is 23.3 Å². The number of allylic oxidation sites excluding steroid dienone is 1. The molecule has 2 aromatic rings. The van der Waals surface area contributed by atoms with Gasteiger partial charge < -0.3 is 10.0 Å². The minimum atomic E-state index is -0.895. The van der Waals surface area contributed by atoms with Crippen molar-refractivity contribution in [2.45, 2.75) is 51.3 Å². The number of aryl methyl sites for hydroxylation is 2. The van der Waals surface area contributed by atoms with Gasteiger partial charge in [0.15, 0.2) is 5.50 Å². The van der Waals surface area contributed by atoms with Crippen LogP contribution in [-0.4, -0.2) is 21.6 Å². The molecule has 148 valence electrons. The van der Waals surface area contributed by atoms with Gasteiger partial charge in [-0.25, -0.2) is 9.69 Å². The third-order valence-electron chi connectivity index (χ3n) is 5.09. The minimum Gasteiger partial charge on any atom is -0.465 e. The number of anilines is 1. The van der Waals surface area contributed by atoms with E-state index in [4.69, 9.17) is 0 Å². The van der Waals surface area contributed by atoms with Crippen LogP contribution in [0.1, 0.15) is 43.9 Å². The number of hydrogen-bond donors (Lipinski definition) is 1. The summed E-state index contributed by atoms with van der Waals surface area (Å²) in [6, 6.07) is 16.6. The first-order valence-corrected chi connectivity index (χ1v) is 10.9. The molecule has 0 spiro atoms. The van der Waals surface area contributed by atoms with Gasteiger partial charge in [-0.2, -0.15) is 0 Å². The second-order valence-corrected chi connectivity index (χ2v) is 7.83. The molecule has 0 bridgehead atoms. The highest BCUT2D eigenvalue weighted by atomic mass is 32.2. The van der Waals surface area contributed by atoms with Gasteiger partial charge in [-0.15, -0.1) is 11.8 Å². The third kappa shape index (κ3) is 4.04. The number of carboxylic acid groups (broad SMARTS) is 1. The monoisotopic (exact) mass is 396 g/mol. The molecule has 1 atom stereocenters. The molecule has 0 aliphatic carbocycles. The van der Waals surface area contributed by atoms with Crippen LogP contribution in [0.15, 0.2) is 60.4 Å². The lowest BCUT2D eigenvalue weighted by Crippen LogP contribution is -2.41. The Kier molecular flexibility index (Phi) is 6.68. The third-order valence-corrected chi connectivity index (χ3v) is 6.33. The number of para-hydroxylation sites is 1. The van der Waals surface area contributed by atoms with Crippen molar-refractivity contribution in [1.29, 1.82) is 0 Å². The summed E-state index contributed by atoms with van der Waals surface area (Å²) < 4.78 is 0. The van der Waals surface area contributed by atoms with Crippen molar-refractivity contribution >= 4 is 23.5 Å². The molecule has 0 radical (unpaired) electrons. The Hall–Kier alpha value is -2.40. The molecule has 2 aromatic carbocycles. The lowest BCUT2D eigenvalue weighted by atomic mass is 10.0. The van der Waals surface area contributed by atoms with E-state index in [2.05, 4.69) is 49.1 Å². The van der Waals surface area contributed by atoms with Crippen LogP contribution in [0, 0.1) is 0 Å². The van der Waals surface area contributed by atoms with Crippen LogP contribution < -0.4 is 4.90 Å². The largest absolute Gasteiger partial charge is 0.465 e. The fourth-order valence-corrected chi connectivity index (χ4v) is 4.89. The van der Waals surface area contributed by atoms with E-state index in [-0.39, 0.29) is 5.50 Å². The van der Waals surface area contributed by atoms with Gasteiger partial charge >= 0.3 is 6.09 Å². The maximum absolute atomic E-state index is 12.1. The van der Waals surface area contributed by atoms with Crippen LogP contribution >= 0.6 is 11.8 Å². The van der Waals surface area contributed by atoms with E-state index >= 15 is 0 Å². The number of hydrogen-bond acceptors (Lipinski definition) is 3. The normalized spacial score (nSPS) is 16.4. The number of benzene rings is 2. The van der Waals surface area contributed by atoms with Gasteiger partial charge in [0.2, 0.25) is 0 Å². The highest BCUT2D eigenvalue weighted by molar-refractivity contribution is 7.99. The van der Waals surface area contributed by atoms with Crippen LogP contribution in [0.2, 0.25) is 0 Å². The molecule has 1 heterocycles. The molecule has 1 amide bonds. The predicted molar refractivity (Wildman–Crippen MR) is 117 cm³/mol. The Morgan fingerprint density at radius 1 is 0.964 bits per heavy atom. The van der Waals surface area contributed by atoms with E-state index in [0.717, 1.165) is 30.0 Å². The Morgan fingerprint density at radius 2 is 1.61 bits per heavy atom. The molecule has 5 heteroatoms. The standard InChI is InChI=1S/C23H28N2O2S/c1-4-18-13-10-14-19(5-2)21(18)24-15-20(6-3)25(23(26)27)22(24)28-16-17-11-8-7-9-12-17/h7-15,22H,4-6,16H2,1-3H3,(H,26,27). The molecule has 3 rings (SSSR count). The zero-order valence-corrected chi connectivity index (χ0v) is 17.6. The van der Waals surface area contributed by atoms with E-state index in [1.165, 1.54) is 21.6 Å². The maximum Gasteiger partial charge on any atom is 0.414 e. The summed E-state index contributed by atoms with van der Waals surface area (Å²) in [5.74, 6) is 0.756. The number of amides is 1. The quantitative estimate of drug-likeness (QED) is 0.616. The van der Waals surface area contributed by atoms with Crippen LogP contribution in [0.25, 0.3) is 0 Å². The van der Waals surface area contributed by atoms with Crippen LogP contribution in [0.3, 0.4) is 0 Å². The topological polar surface area (TPSA) is 43.8 Å². The zero-order valence-electron chi connectivity index (χ0n) is 16.8. The van der Waals surface area contributed by atoms with Gasteiger partial charge in [-0.05, 0) is 36.0 Å². The van der Waals surface area contributed by atoms with Crippen LogP contribution in [0.4, 0.5) is 10.5 Å². The molecule has 0 fully saturated rings. The number of carbonyl (C=O) groups is 1. The lowest BCUT2D eigenvalue weighted by Gasteiger charge is -2.33. The van der Waals surface area contributed by atoms with Crippen molar-refractivity contribution in [2.24, 2.45) is 0 Å². The number of thioether (sulfide) groups is 1. The van der Waals surface area contributed by atoms with Gasteiger partial charge in [-0.3, -0.25) is 0 Å². The molecular formula is C23H28N2O2S. The molecular weight excluding hydrogens is 368 g/mol. The Morgan fingerprint density at radius 3 is 2.14 bits per heavy atom. The summed E-state index contributed by atoms with van der Waals surface area (Å²) in [5, 5.41) is 9.95. The Bertz CT molecular complexity index is 829. The Balaban J connectivity index is 2.01. The van der Waals surface area contributed by atoms with Crippen molar-refractivity contribution < 1.29 is 9.90 Å². The minimum absolute atomic E-state index is 0.300. The van der Waals surface area contributed by atoms with E-state index in [9.17, 15) is 9.90 Å². The van der Waals surface area contributed by atoms with Gasteiger partial charge in [0.1, 0.15) is 0 Å². The molecule has 1 unspecified atom stereocenters. The summed E-state index contributed by atoms with van der Waals surface area (Å²) in [7, 11) is 0. The zero-order chi connectivity index (χ0) is 20.1. The van der Waals surface area contributed by atoms with E-state index in [1.807, 2.05) is 31.3 Å². The fraction of sp³-hybridized carbons (Fsp3) is 0.348. The van der Waals surface area contributed by atoms with Gasteiger partial charge in [0.25, 0.3) is 0 Å². The van der Waals surface area contributed by atoms with Crippen LogP contribution in [0.5, 0.6) is 0 Å². The van der Waals surface area contributed by atoms with Crippen LogP contribution in [-0.2, 0) is 18.6 Å². The second-order valence-electron chi connectivity index (χ2n) is 6.79. The molecule has 1 N–H and O–H groups in total. The molecule has 0 saturated heterocycles. The number of rotatable bonds is 7. The van der Waals surface area contributed by atoms with E-state index in [1.54, 1.807) is 11.8 Å². The SMILES string of the molecule is CCC1=CN(c2c(CC)cccc2CC)C(SCc2ccccc2)N1C(=O)O. The smallest absolute Gasteiger partial charge is 0.414 e. The first kappa shape index (κ1) is 20.3. The molecule has 1 aliphatic heterocycles. The van der Waals surface area contributed by atoms with Gasteiger partial charge in [0.05, 0.1) is 0 Å². The van der Waals surface area contributed by atoms with Crippen molar-refractivity contribution in [1.82, 2.24) is 4.90 Å². The Labute approximate surface area is 171 Å². The molecule has 0 saturated carbocycles. The second kappa shape index (κ2) is 9.20. The molecule has 1 aliphatic rings. The molecule has 28 heavy (non-hydrogen) atoms. The van der Waals surface area contributed by atoms with Crippen molar-refractivity contribution in [2.75, 3.05) is 4.90 Å². The average Bonchev–Trinajstić information content (AvgIpc) is 3.10. The van der Waals surface area contributed by atoms with Crippen molar-refractivity contribution in [3.8, 4) is 0 Å². The summed E-state index contributed by atoms with van der Waals surface area (Å²) >= 11 is 1.65. The first-order chi connectivity index (χ1) is 13.6. The average molecular weight is 397 g/mol. The number of nitrogens with zero attached hydrogens (tertiary/aromatic N) is 2. The van der Waals surface area contributed by atoms with E-state index < -0.39 is 6.09 Å². The summed E-state index contributed by atoms with van der Waals surface area (Å²) in [4.78, 5) is 15.8. The molecule has 0 aromatic heterocycles. The lowest BCUT2D eigenvalue weighted by molar-refractivity contribution is 0.158. The van der Waals surface area contributed by atoms with Crippen molar-refractivity contribution in [3.63, 3.8) is 0 Å². The van der Waals surface area contributed by atoms with Crippen molar-refractivity contribution in [3.05, 3.63) is 77.1 Å². The summed E-state index contributed by atoms with van der Waals surface area (Å²) in [5.41, 5.74) is 5.40. The summed E-state index contributed by atoms with van der Waals surface area (Å²) in [6.07, 6.45) is 3.65. The van der Waals surface area contributed by atoms with E-state index in [0.29, 0.717) is 6.42 Å². The predicted octanol–water partition coefficient (Wildman–Crippen LogP) is 6.08.